The molecule has 1 aliphatic carbocycles. The topological polar surface area (TPSA) is 50.1 Å². The Hall–Kier alpha value is -2.43. The first-order valence-corrected chi connectivity index (χ1v) is 8.73. The molecule has 2 atom stereocenters. The maximum Gasteiger partial charge on any atom is 0.0775 e. The third-order valence-corrected chi connectivity index (χ3v) is 4.98. The van der Waals surface area contributed by atoms with Crippen molar-refractivity contribution in [3.05, 3.63) is 82.7 Å². The van der Waals surface area contributed by atoms with Crippen LogP contribution in [-0.4, -0.2) is 21.0 Å². The van der Waals surface area contributed by atoms with E-state index in [1.165, 1.54) is 16.7 Å². The molecule has 2 N–H and O–H groups in total. The van der Waals surface area contributed by atoms with Crippen molar-refractivity contribution in [1.29, 1.82) is 0 Å². The Morgan fingerprint density at radius 2 is 2.00 bits per heavy atom. The van der Waals surface area contributed by atoms with Gasteiger partial charge in [0.05, 0.1) is 23.5 Å². The summed E-state index contributed by atoms with van der Waals surface area (Å²) >= 11 is 0. The van der Waals surface area contributed by atoms with Crippen LogP contribution in [0.5, 0.6) is 0 Å². The normalized spacial score (nSPS) is 19.2. The molecule has 0 saturated heterocycles. The number of aromatic nitrogens is 2. The van der Waals surface area contributed by atoms with E-state index in [0.29, 0.717) is 6.54 Å². The van der Waals surface area contributed by atoms with Crippen LogP contribution in [0.1, 0.15) is 34.0 Å². The first-order valence-electron chi connectivity index (χ1n) is 8.73. The van der Waals surface area contributed by atoms with Crippen molar-refractivity contribution in [3.63, 3.8) is 0 Å². The fourth-order valence-corrected chi connectivity index (χ4v) is 3.61. The second-order valence-corrected chi connectivity index (χ2v) is 6.85. The van der Waals surface area contributed by atoms with Crippen LogP contribution in [0.15, 0.2) is 54.7 Å². The third kappa shape index (κ3) is 3.11. The van der Waals surface area contributed by atoms with Crippen LogP contribution in [0, 0.1) is 13.8 Å². The highest BCUT2D eigenvalue weighted by molar-refractivity contribution is 5.38. The summed E-state index contributed by atoms with van der Waals surface area (Å²) in [5.74, 6) is 0. The molecule has 4 nitrogen and oxygen atoms in total. The molecule has 0 fully saturated rings. The van der Waals surface area contributed by atoms with Crippen molar-refractivity contribution >= 4 is 0 Å². The summed E-state index contributed by atoms with van der Waals surface area (Å²) in [6.07, 6.45) is 2.42. The SMILES string of the molecule is Cc1cccc(-n2cc(CN[C@@H]3c4ccccc4C[C@@H]3O)c(C)n2)c1. The van der Waals surface area contributed by atoms with Crippen molar-refractivity contribution in [2.24, 2.45) is 0 Å². The minimum Gasteiger partial charge on any atom is -0.391 e. The van der Waals surface area contributed by atoms with Gasteiger partial charge in [-0.05, 0) is 42.7 Å². The van der Waals surface area contributed by atoms with Gasteiger partial charge in [-0.1, -0.05) is 36.4 Å². The van der Waals surface area contributed by atoms with Crippen LogP contribution >= 0.6 is 0 Å². The second-order valence-electron chi connectivity index (χ2n) is 6.85. The summed E-state index contributed by atoms with van der Waals surface area (Å²) in [4.78, 5) is 0. The number of nitrogens with one attached hydrogen (secondary N) is 1. The van der Waals surface area contributed by atoms with Gasteiger partial charge in [0.25, 0.3) is 0 Å². The predicted octanol–water partition coefficient (Wildman–Crippen LogP) is 3.24. The molecule has 0 unspecified atom stereocenters. The predicted molar refractivity (Wildman–Crippen MR) is 98.8 cm³/mol. The summed E-state index contributed by atoms with van der Waals surface area (Å²) in [6, 6.07) is 16.6. The Kier molecular flexibility index (Phi) is 4.15. The maximum absolute atomic E-state index is 10.4. The van der Waals surface area contributed by atoms with E-state index >= 15 is 0 Å². The van der Waals surface area contributed by atoms with Crippen LogP contribution in [0.4, 0.5) is 0 Å². The summed E-state index contributed by atoms with van der Waals surface area (Å²) in [7, 11) is 0. The standard InChI is InChI=1S/C21H23N3O/c1-14-6-5-8-18(10-14)24-13-17(15(2)23-24)12-22-21-19-9-4-3-7-16(19)11-20(21)25/h3-10,13,20-22,25H,11-12H2,1-2H3/t20-,21+/m0/s1. The fraction of sp³-hybridized carbons (Fsp3) is 0.286. The number of fused-ring (bicyclic) bond motifs is 1. The molecule has 25 heavy (non-hydrogen) atoms. The highest BCUT2D eigenvalue weighted by atomic mass is 16.3. The molecule has 1 aliphatic rings. The average molecular weight is 333 g/mol. The molecule has 0 amide bonds. The highest BCUT2D eigenvalue weighted by Gasteiger charge is 2.30. The molecule has 2 aromatic carbocycles. The van der Waals surface area contributed by atoms with Crippen molar-refractivity contribution in [1.82, 2.24) is 15.1 Å². The Morgan fingerprint density at radius 3 is 2.84 bits per heavy atom. The first-order chi connectivity index (χ1) is 12.1. The zero-order valence-electron chi connectivity index (χ0n) is 14.6. The first kappa shape index (κ1) is 16.1. The Bertz CT molecular complexity index is 900. The number of hydrogen-bond acceptors (Lipinski definition) is 3. The van der Waals surface area contributed by atoms with Gasteiger partial charge in [0, 0.05) is 24.7 Å². The molecule has 1 heterocycles. The van der Waals surface area contributed by atoms with Crippen LogP contribution in [-0.2, 0) is 13.0 Å². The van der Waals surface area contributed by atoms with Gasteiger partial charge >= 0.3 is 0 Å². The lowest BCUT2D eigenvalue weighted by Gasteiger charge is -2.17. The molecule has 0 radical (unpaired) electrons. The fourth-order valence-electron chi connectivity index (χ4n) is 3.61. The van der Waals surface area contributed by atoms with Crippen molar-refractivity contribution < 1.29 is 5.11 Å². The molecule has 4 rings (SSSR count). The number of nitrogens with zero attached hydrogens (tertiary/aromatic N) is 2. The zero-order chi connectivity index (χ0) is 17.4. The van der Waals surface area contributed by atoms with Crippen LogP contribution in [0.25, 0.3) is 5.69 Å². The molecule has 0 saturated carbocycles. The van der Waals surface area contributed by atoms with Crippen LogP contribution in [0.3, 0.4) is 0 Å². The molecule has 0 bridgehead atoms. The third-order valence-electron chi connectivity index (χ3n) is 4.98. The van der Waals surface area contributed by atoms with Crippen molar-refractivity contribution in [2.45, 2.75) is 39.0 Å². The maximum atomic E-state index is 10.4. The van der Waals surface area contributed by atoms with Gasteiger partial charge in [-0.25, -0.2) is 4.68 Å². The van der Waals surface area contributed by atoms with Crippen LogP contribution in [0.2, 0.25) is 0 Å². The van der Waals surface area contributed by atoms with Gasteiger partial charge in [-0.15, -0.1) is 0 Å². The number of aliphatic hydroxyl groups excluding tert-OH is 1. The van der Waals surface area contributed by atoms with E-state index in [1.54, 1.807) is 0 Å². The summed E-state index contributed by atoms with van der Waals surface area (Å²) < 4.78 is 1.93. The Labute approximate surface area is 148 Å². The van der Waals surface area contributed by atoms with E-state index in [2.05, 4.69) is 53.9 Å². The zero-order valence-corrected chi connectivity index (χ0v) is 14.6. The molecule has 3 aromatic rings. The van der Waals surface area contributed by atoms with E-state index in [9.17, 15) is 5.11 Å². The molecular formula is C21H23N3O. The number of hydrogen-bond donors (Lipinski definition) is 2. The minimum absolute atomic E-state index is 0.0158. The van der Waals surface area contributed by atoms with Gasteiger partial charge in [0.1, 0.15) is 0 Å². The van der Waals surface area contributed by atoms with Crippen molar-refractivity contribution in [3.8, 4) is 5.69 Å². The monoisotopic (exact) mass is 333 g/mol. The second kappa shape index (κ2) is 6.47. The lowest BCUT2D eigenvalue weighted by molar-refractivity contribution is 0.140. The van der Waals surface area contributed by atoms with Crippen LogP contribution < -0.4 is 5.32 Å². The van der Waals surface area contributed by atoms with E-state index in [0.717, 1.165) is 23.4 Å². The number of aryl methyl sites for hydroxylation is 2. The number of rotatable bonds is 4. The Balaban J connectivity index is 1.52. The van der Waals surface area contributed by atoms with Gasteiger partial charge in [-0.3, -0.25) is 0 Å². The molecule has 1 aromatic heterocycles. The van der Waals surface area contributed by atoms with Crippen molar-refractivity contribution in [2.75, 3.05) is 0 Å². The summed E-state index contributed by atoms with van der Waals surface area (Å²) in [5.41, 5.74) is 6.89. The average Bonchev–Trinajstić information content (AvgIpc) is 3.12. The van der Waals surface area contributed by atoms with Gasteiger partial charge in [0.15, 0.2) is 0 Å². The number of aliphatic hydroxyl groups is 1. The largest absolute Gasteiger partial charge is 0.391 e. The lowest BCUT2D eigenvalue weighted by Crippen LogP contribution is -2.28. The van der Waals surface area contributed by atoms with E-state index in [1.807, 2.05) is 29.8 Å². The summed E-state index contributed by atoms with van der Waals surface area (Å²) in [5, 5.41) is 18.6. The molecule has 4 heteroatoms. The lowest BCUT2D eigenvalue weighted by atomic mass is 10.1. The molecule has 0 aliphatic heterocycles. The van der Waals surface area contributed by atoms with E-state index in [-0.39, 0.29) is 12.1 Å². The van der Waals surface area contributed by atoms with E-state index in [4.69, 9.17) is 0 Å². The van der Waals surface area contributed by atoms with Gasteiger partial charge in [-0.2, -0.15) is 5.10 Å². The van der Waals surface area contributed by atoms with Gasteiger partial charge in [0.2, 0.25) is 0 Å². The van der Waals surface area contributed by atoms with Gasteiger partial charge < -0.3 is 10.4 Å². The molecule has 128 valence electrons. The minimum atomic E-state index is -0.371. The number of benzene rings is 2. The smallest absolute Gasteiger partial charge is 0.0775 e. The molecular weight excluding hydrogens is 310 g/mol. The molecule has 0 spiro atoms. The highest BCUT2D eigenvalue weighted by Crippen LogP contribution is 2.31. The summed E-state index contributed by atoms with van der Waals surface area (Å²) in [6.45, 7) is 4.80. The van der Waals surface area contributed by atoms with E-state index < -0.39 is 0 Å². The quantitative estimate of drug-likeness (QED) is 0.771. The Morgan fingerprint density at radius 1 is 1.16 bits per heavy atom.